The summed E-state index contributed by atoms with van der Waals surface area (Å²) < 4.78 is 12.6. The summed E-state index contributed by atoms with van der Waals surface area (Å²) in [5.41, 5.74) is 0. The van der Waals surface area contributed by atoms with Gasteiger partial charge in [0.15, 0.2) is 0 Å². The minimum Gasteiger partial charge on any atom is -0.590 e. The lowest BCUT2D eigenvalue weighted by Gasteiger charge is -2.39. The van der Waals surface area contributed by atoms with Gasteiger partial charge in [0.25, 0.3) is 5.28 Å². The summed E-state index contributed by atoms with van der Waals surface area (Å²) in [5, 5.41) is -0.589. The van der Waals surface area contributed by atoms with E-state index < -0.39 is 13.3 Å². The highest BCUT2D eigenvalue weighted by molar-refractivity contribution is 7.38. The molecule has 0 bridgehead atoms. The van der Waals surface area contributed by atoms with Gasteiger partial charge in [0.2, 0.25) is 0 Å². The zero-order valence-corrected chi connectivity index (χ0v) is 25.5. The molecule has 0 spiro atoms. The van der Waals surface area contributed by atoms with Gasteiger partial charge in [0.1, 0.15) is 0 Å². The van der Waals surface area contributed by atoms with Crippen LogP contribution in [0.3, 0.4) is 0 Å². The molecule has 0 aromatic heterocycles. The predicted molar refractivity (Wildman–Crippen MR) is 155 cm³/mol. The molecule has 3 nitrogen and oxygen atoms in total. The summed E-state index contributed by atoms with van der Waals surface area (Å²) in [7, 11) is 3.69. The van der Waals surface area contributed by atoms with E-state index >= 15 is 0 Å². The molecule has 0 radical (unpaired) electrons. The summed E-state index contributed by atoms with van der Waals surface area (Å²) in [6, 6.07) is 0. The fraction of sp³-hybridized carbons (Fsp3) is 0.935. The standard InChI is InChI=1S/C31H63NO2P/c1-6-8-9-10-11-12-13-14-15-16-17-18-19-20-21-22-23-24-25-26-27-28-30-31(29-7-2,35(33)34)32(3,4)5/h12-13H,6-11,14-30H2,1-5H3/q+1/b13-12-. The smallest absolute Gasteiger partial charge is 0.376 e. The first-order valence-electron chi connectivity index (χ1n) is 15.4. The Hall–Kier alpha value is -0.240. The van der Waals surface area contributed by atoms with Crippen molar-refractivity contribution in [1.82, 2.24) is 0 Å². The second-order valence-electron chi connectivity index (χ2n) is 11.8. The number of hydrogen-bond donors (Lipinski definition) is 0. The third-order valence-corrected chi connectivity index (χ3v) is 9.55. The topological polar surface area (TPSA) is 40.1 Å². The van der Waals surface area contributed by atoms with E-state index in [0.29, 0.717) is 4.48 Å². The summed E-state index contributed by atoms with van der Waals surface area (Å²) in [6.45, 7) is 4.37. The predicted octanol–water partition coefficient (Wildman–Crippen LogP) is 10.1. The van der Waals surface area contributed by atoms with Crippen LogP contribution in [0.2, 0.25) is 0 Å². The third-order valence-electron chi connectivity index (χ3n) is 7.83. The van der Waals surface area contributed by atoms with E-state index in [1.807, 2.05) is 21.1 Å². The maximum absolute atomic E-state index is 12.1. The molecule has 0 aliphatic carbocycles. The molecule has 0 aliphatic rings. The fourth-order valence-corrected chi connectivity index (χ4v) is 6.58. The number of allylic oxidation sites excluding steroid dienone is 2. The Morgan fingerprint density at radius 3 is 1.29 bits per heavy atom. The van der Waals surface area contributed by atoms with Gasteiger partial charge >= 0.3 is 8.03 Å². The summed E-state index contributed by atoms with van der Waals surface area (Å²) in [4.78, 5) is 12.1. The molecule has 0 aromatic carbocycles. The first-order valence-corrected chi connectivity index (χ1v) is 16.6. The number of quaternary nitrogens is 1. The lowest BCUT2D eigenvalue weighted by molar-refractivity contribution is -0.910. The van der Waals surface area contributed by atoms with Crippen LogP contribution in [0.25, 0.3) is 0 Å². The molecule has 2 atom stereocenters. The van der Waals surface area contributed by atoms with Crippen molar-refractivity contribution >= 4 is 8.03 Å². The van der Waals surface area contributed by atoms with Crippen molar-refractivity contribution in [2.24, 2.45) is 0 Å². The summed E-state index contributed by atoms with van der Waals surface area (Å²) in [6.07, 6.45) is 34.1. The van der Waals surface area contributed by atoms with Crippen LogP contribution in [-0.2, 0) is 4.57 Å². The van der Waals surface area contributed by atoms with Gasteiger partial charge in [0, 0.05) is 12.8 Å². The average Bonchev–Trinajstić information content (AvgIpc) is 2.80. The molecule has 4 heteroatoms. The number of nitrogens with zero attached hydrogens (tertiary/aromatic N) is 1. The van der Waals surface area contributed by atoms with Crippen LogP contribution in [0.5, 0.6) is 0 Å². The number of unbranched alkanes of at least 4 members (excludes halogenated alkanes) is 18. The fourth-order valence-electron chi connectivity index (χ4n) is 5.34. The van der Waals surface area contributed by atoms with Gasteiger partial charge in [-0.3, -0.25) is 4.48 Å². The highest BCUT2D eigenvalue weighted by Crippen LogP contribution is 2.45. The van der Waals surface area contributed by atoms with Crippen molar-refractivity contribution in [3.05, 3.63) is 12.2 Å². The molecule has 0 rings (SSSR count). The van der Waals surface area contributed by atoms with E-state index in [2.05, 4.69) is 26.0 Å². The normalized spacial score (nSPS) is 14.5. The van der Waals surface area contributed by atoms with E-state index in [1.165, 1.54) is 122 Å². The Morgan fingerprint density at radius 2 is 0.943 bits per heavy atom. The molecule has 0 aromatic rings. The van der Waals surface area contributed by atoms with Crippen molar-refractivity contribution in [3.8, 4) is 0 Å². The van der Waals surface area contributed by atoms with E-state index in [9.17, 15) is 9.46 Å². The molecule has 0 saturated carbocycles. The highest BCUT2D eigenvalue weighted by atomic mass is 31.1. The molecular formula is C31H63NO2P+. The van der Waals surface area contributed by atoms with Crippen molar-refractivity contribution in [3.63, 3.8) is 0 Å². The van der Waals surface area contributed by atoms with Crippen molar-refractivity contribution in [1.29, 1.82) is 0 Å². The Kier molecular flexibility index (Phi) is 22.8. The van der Waals surface area contributed by atoms with Crippen LogP contribution in [-0.4, -0.2) is 30.9 Å². The molecule has 0 amide bonds. The van der Waals surface area contributed by atoms with Gasteiger partial charge in [-0.1, -0.05) is 127 Å². The van der Waals surface area contributed by atoms with Crippen molar-refractivity contribution < 1.29 is 13.9 Å². The van der Waals surface area contributed by atoms with Crippen LogP contribution >= 0.6 is 8.03 Å². The van der Waals surface area contributed by atoms with Crippen LogP contribution in [0.15, 0.2) is 12.2 Å². The van der Waals surface area contributed by atoms with Gasteiger partial charge in [-0.15, -0.1) is 0 Å². The minimum absolute atomic E-state index is 0.524. The number of hydrogen-bond acceptors (Lipinski definition) is 2. The van der Waals surface area contributed by atoms with Crippen LogP contribution in [0.1, 0.15) is 162 Å². The van der Waals surface area contributed by atoms with E-state index in [0.717, 1.165) is 25.7 Å². The van der Waals surface area contributed by atoms with Crippen LogP contribution < -0.4 is 4.89 Å². The molecular weight excluding hydrogens is 449 g/mol. The van der Waals surface area contributed by atoms with E-state index in [4.69, 9.17) is 0 Å². The molecule has 0 fully saturated rings. The number of rotatable bonds is 26. The third kappa shape index (κ3) is 17.8. The summed E-state index contributed by atoms with van der Waals surface area (Å²) in [5.74, 6) is 0. The molecule has 208 valence electrons. The van der Waals surface area contributed by atoms with Gasteiger partial charge in [-0.2, -0.15) is 0 Å². The molecule has 0 heterocycles. The first kappa shape index (κ1) is 34.8. The maximum Gasteiger partial charge on any atom is 0.376 e. The first-order chi connectivity index (χ1) is 16.8. The van der Waals surface area contributed by atoms with Gasteiger partial charge in [0.05, 0.1) is 21.1 Å². The van der Waals surface area contributed by atoms with Gasteiger partial charge in [-0.25, -0.2) is 0 Å². The quantitative estimate of drug-likeness (QED) is 0.0500. The lowest BCUT2D eigenvalue weighted by Crippen LogP contribution is -2.55. The lowest BCUT2D eigenvalue weighted by atomic mass is 9.99. The highest BCUT2D eigenvalue weighted by Gasteiger charge is 2.53. The molecule has 0 aliphatic heterocycles. The molecule has 0 N–H and O–H groups in total. The van der Waals surface area contributed by atoms with Crippen LogP contribution in [0, 0.1) is 0 Å². The second kappa shape index (κ2) is 22.9. The SMILES string of the molecule is CCCCCC/C=C\CCCCCCCCCCCCCCCCC(CCC)([P+](=O)[O-])[N+](C)(C)C. The van der Waals surface area contributed by atoms with E-state index in [1.54, 1.807) is 0 Å². The Labute approximate surface area is 222 Å². The average molecular weight is 513 g/mol. The van der Waals surface area contributed by atoms with Crippen molar-refractivity contribution in [2.75, 3.05) is 21.1 Å². The minimum atomic E-state index is -2.42. The van der Waals surface area contributed by atoms with Crippen molar-refractivity contribution in [2.45, 2.75) is 167 Å². The monoisotopic (exact) mass is 512 g/mol. The van der Waals surface area contributed by atoms with Gasteiger partial charge < -0.3 is 4.89 Å². The van der Waals surface area contributed by atoms with Gasteiger partial charge in [-0.05, 0) is 38.5 Å². The van der Waals surface area contributed by atoms with Crippen LogP contribution in [0.4, 0.5) is 0 Å². The molecule has 35 heavy (non-hydrogen) atoms. The second-order valence-corrected chi connectivity index (χ2v) is 13.2. The zero-order chi connectivity index (χ0) is 26.3. The molecule has 2 unspecified atom stereocenters. The van der Waals surface area contributed by atoms with E-state index in [-0.39, 0.29) is 0 Å². The Balaban J connectivity index is 3.51. The Bertz CT molecular complexity index is 515. The summed E-state index contributed by atoms with van der Waals surface area (Å²) >= 11 is 0. The Morgan fingerprint density at radius 1 is 0.571 bits per heavy atom. The largest absolute Gasteiger partial charge is 0.590 e. The zero-order valence-electron chi connectivity index (χ0n) is 24.6. The molecule has 0 saturated heterocycles. The maximum atomic E-state index is 12.1.